The molecule has 0 fully saturated rings. The number of aliphatic imine (C=N–C) groups is 1. The van der Waals surface area contributed by atoms with Crippen LogP contribution in [0.5, 0.6) is 0 Å². The molecule has 0 saturated heterocycles. The summed E-state index contributed by atoms with van der Waals surface area (Å²) < 4.78 is 16.2. The molecular formula is C23H33N3O3. The van der Waals surface area contributed by atoms with Crippen molar-refractivity contribution in [3.63, 3.8) is 0 Å². The summed E-state index contributed by atoms with van der Waals surface area (Å²) >= 11 is 0. The average molecular weight is 400 g/mol. The van der Waals surface area contributed by atoms with Gasteiger partial charge >= 0.3 is 0 Å². The zero-order valence-corrected chi connectivity index (χ0v) is 17.5. The van der Waals surface area contributed by atoms with Crippen LogP contribution in [0, 0.1) is 0 Å². The van der Waals surface area contributed by atoms with E-state index in [0.717, 1.165) is 25.5 Å². The van der Waals surface area contributed by atoms with Crippen molar-refractivity contribution in [2.45, 2.75) is 26.2 Å². The quantitative estimate of drug-likeness (QED) is 0.308. The Balaban J connectivity index is 1.61. The number of nitrogens with one attached hydrogen (secondary N) is 2. The number of ether oxygens (including phenoxy) is 3. The van der Waals surface area contributed by atoms with E-state index in [1.54, 1.807) is 14.2 Å². The van der Waals surface area contributed by atoms with Crippen LogP contribution < -0.4 is 10.6 Å². The number of benzene rings is 2. The first-order valence-corrected chi connectivity index (χ1v) is 10.0. The van der Waals surface area contributed by atoms with E-state index in [9.17, 15) is 0 Å². The monoisotopic (exact) mass is 399 g/mol. The minimum absolute atomic E-state index is 0.609. The van der Waals surface area contributed by atoms with E-state index in [2.05, 4.69) is 52.0 Å². The van der Waals surface area contributed by atoms with Gasteiger partial charge in [-0.05, 0) is 23.1 Å². The molecule has 0 saturated carbocycles. The van der Waals surface area contributed by atoms with Gasteiger partial charge in [0.1, 0.15) is 0 Å². The SMILES string of the molecule is CN=C(NCCCOCCOC)NCc1ccc(COCc2ccccc2)cc1. The molecule has 6 heteroatoms. The highest BCUT2D eigenvalue weighted by Crippen LogP contribution is 2.08. The number of hydrogen-bond donors (Lipinski definition) is 2. The van der Waals surface area contributed by atoms with Gasteiger partial charge < -0.3 is 24.8 Å². The number of nitrogens with zero attached hydrogens (tertiary/aromatic N) is 1. The van der Waals surface area contributed by atoms with E-state index in [0.29, 0.717) is 33.0 Å². The minimum atomic E-state index is 0.609. The summed E-state index contributed by atoms with van der Waals surface area (Å²) in [6.07, 6.45) is 0.919. The number of methoxy groups -OCH3 is 1. The van der Waals surface area contributed by atoms with Crippen molar-refractivity contribution in [3.8, 4) is 0 Å². The smallest absolute Gasteiger partial charge is 0.191 e. The summed E-state index contributed by atoms with van der Waals surface area (Å²) in [6, 6.07) is 18.7. The second-order valence-electron chi connectivity index (χ2n) is 6.61. The lowest BCUT2D eigenvalue weighted by atomic mass is 10.1. The predicted molar refractivity (Wildman–Crippen MR) is 117 cm³/mol. The maximum absolute atomic E-state index is 5.79. The summed E-state index contributed by atoms with van der Waals surface area (Å²) in [5.74, 6) is 0.789. The van der Waals surface area contributed by atoms with E-state index in [-0.39, 0.29) is 0 Å². The predicted octanol–water partition coefficient (Wildman–Crippen LogP) is 3.12. The normalized spacial score (nSPS) is 11.4. The van der Waals surface area contributed by atoms with Crippen LogP contribution in [0.3, 0.4) is 0 Å². The fourth-order valence-electron chi connectivity index (χ4n) is 2.65. The van der Waals surface area contributed by atoms with Crippen LogP contribution in [-0.2, 0) is 34.0 Å². The van der Waals surface area contributed by atoms with Crippen molar-refractivity contribution in [2.75, 3.05) is 40.5 Å². The first-order valence-electron chi connectivity index (χ1n) is 10.0. The van der Waals surface area contributed by atoms with Crippen LogP contribution in [0.25, 0.3) is 0 Å². The van der Waals surface area contributed by atoms with Crippen molar-refractivity contribution in [1.82, 2.24) is 10.6 Å². The lowest BCUT2D eigenvalue weighted by molar-refractivity contribution is 0.0698. The Morgan fingerprint density at radius 1 is 0.793 bits per heavy atom. The molecule has 2 aromatic rings. The molecule has 0 bridgehead atoms. The Bertz CT molecular complexity index is 690. The Kier molecular flexibility index (Phi) is 11.5. The fraction of sp³-hybridized carbons (Fsp3) is 0.435. The highest BCUT2D eigenvalue weighted by Gasteiger charge is 2.00. The average Bonchev–Trinajstić information content (AvgIpc) is 2.77. The van der Waals surface area contributed by atoms with Crippen molar-refractivity contribution in [1.29, 1.82) is 0 Å². The molecule has 0 aliphatic heterocycles. The molecule has 0 radical (unpaired) electrons. The van der Waals surface area contributed by atoms with Crippen LogP contribution in [0.2, 0.25) is 0 Å². The highest BCUT2D eigenvalue weighted by molar-refractivity contribution is 5.79. The van der Waals surface area contributed by atoms with E-state index < -0.39 is 0 Å². The summed E-state index contributed by atoms with van der Waals surface area (Å²) in [5, 5.41) is 6.62. The maximum Gasteiger partial charge on any atom is 0.191 e. The third kappa shape index (κ3) is 10.1. The third-order valence-electron chi connectivity index (χ3n) is 4.28. The topological polar surface area (TPSA) is 64.1 Å². The lowest BCUT2D eigenvalue weighted by Crippen LogP contribution is -2.37. The lowest BCUT2D eigenvalue weighted by Gasteiger charge is -2.12. The molecule has 158 valence electrons. The van der Waals surface area contributed by atoms with Gasteiger partial charge in [0.2, 0.25) is 0 Å². The van der Waals surface area contributed by atoms with Gasteiger partial charge in [0.25, 0.3) is 0 Å². The molecule has 0 aromatic heterocycles. The van der Waals surface area contributed by atoms with Crippen molar-refractivity contribution >= 4 is 5.96 Å². The first-order chi connectivity index (χ1) is 14.3. The van der Waals surface area contributed by atoms with Crippen molar-refractivity contribution < 1.29 is 14.2 Å². The van der Waals surface area contributed by atoms with E-state index in [1.807, 2.05) is 18.2 Å². The molecule has 2 aromatic carbocycles. The Labute approximate surface area is 174 Å². The standard InChI is InChI=1S/C23H33N3O3/c1-24-23(25-13-6-14-28-16-15-27-2)26-17-20-9-11-22(12-10-20)19-29-18-21-7-4-3-5-8-21/h3-5,7-12H,6,13-19H2,1-2H3,(H2,24,25,26). The summed E-state index contributed by atoms with van der Waals surface area (Å²) in [7, 11) is 3.45. The second-order valence-corrected chi connectivity index (χ2v) is 6.61. The fourth-order valence-corrected chi connectivity index (χ4v) is 2.65. The summed E-state index contributed by atoms with van der Waals surface area (Å²) in [4.78, 5) is 4.25. The molecule has 2 N–H and O–H groups in total. The third-order valence-corrected chi connectivity index (χ3v) is 4.28. The molecule has 0 unspecified atom stereocenters. The molecule has 29 heavy (non-hydrogen) atoms. The van der Waals surface area contributed by atoms with Crippen LogP contribution in [0.1, 0.15) is 23.1 Å². The Morgan fingerprint density at radius 3 is 2.17 bits per heavy atom. The molecule has 6 nitrogen and oxygen atoms in total. The van der Waals surface area contributed by atoms with Gasteiger partial charge in [-0.15, -0.1) is 0 Å². The maximum atomic E-state index is 5.79. The van der Waals surface area contributed by atoms with Crippen LogP contribution in [-0.4, -0.2) is 46.5 Å². The van der Waals surface area contributed by atoms with E-state index in [4.69, 9.17) is 14.2 Å². The Hall–Kier alpha value is -2.41. The summed E-state index contributed by atoms with van der Waals surface area (Å²) in [6.45, 7) is 4.74. The molecule has 0 aliphatic rings. The van der Waals surface area contributed by atoms with Gasteiger partial charge in [-0.2, -0.15) is 0 Å². The van der Waals surface area contributed by atoms with Gasteiger partial charge in [0, 0.05) is 33.9 Å². The van der Waals surface area contributed by atoms with Crippen LogP contribution >= 0.6 is 0 Å². The minimum Gasteiger partial charge on any atom is -0.382 e. The first kappa shape index (κ1) is 22.9. The number of guanidine groups is 1. The molecule has 2 rings (SSSR count). The largest absolute Gasteiger partial charge is 0.382 e. The van der Waals surface area contributed by atoms with Gasteiger partial charge in [0.05, 0.1) is 26.4 Å². The van der Waals surface area contributed by atoms with Gasteiger partial charge in [-0.3, -0.25) is 4.99 Å². The van der Waals surface area contributed by atoms with Crippen LogP contribution in [0.4, 0.5) is 0 Å². The van der Waals surface area contributed by atoms with Gasteiger partial charge in [-0.1, -0.05) is 54.6 Å². The zero-order chi connectivity index (χ0) is 20.6. The molecule has 0 aliphatic carbocycles. The molecule has 0 spiro atoms. The molecule has 0 atom stereocenters. The van der Waals surface area contributed by atoms with Crippen molar-refractivity contribution in [2.24, 2.45) is 4.99 Å². The number of hydrogen-bond acceptors (Lipinski definition) is 4. The van der Waals surface area contributed by atoms with Gasteiger partial charge in [-0.25, -0.2) is 0 Å². The Morgan fingerprint density at radius 2 is 1.48 bits per heavy atom. The summed E-state index contributed by atoms with van der Waals surface area (Å²) in [5.41, 5.74) is 3.55. The van der Waals surface area contributed by atoms with Gasteiger partial charge in [0.15, 0.2) is 5.96 Å². The zero-order valence-electron chi connectivity index (χ0n) is 17.5. The van der Waals surface area contributed by atoms with E-state index in [1.165, 1.54) is 16.7 Å². The molecule has 0 heterocycles. The van der Waals surface area contributed by atoms with Crippen molar-refractivity contribution in [3.05, 3.63) is 71.3 Å². The molecular weight excluding hydrogens is 366 g/mol. The molecule has 0 amide bonds. The van der Waals surface area contributed by atoms with Crippen LogP contribution in [0.15, 0.2) is 59.6 Å². The second kappa shape index (κ2) is 14.6. The van der Waals surface area contributed by atoms with E-state index >= 15 is 0 Å². The highest BCUT2D eigenvalue weighted by atomic mass is 16.5. The number of rotatable bonds is 13.